The van der Waals surface area contributed by atoms with E-state index in [1.807, 2.05) is 22.6 Å². The summed E-state index contributed by atoms with van der Waals surface area (Å²) in [6.45, 7) is 2.13. The van der Waals surface area contributed by atoms with E-state index in [0.717, 1.165) is 0 Å². The lowest BCUT2D eigenvalue weighted by Crippen LogP contribution is -2.59. The molecule has 1 saturated heterocycles. The van der Waals surface area contributed by atoms with Crippen LogP contribution < -0.4 is 0 Å². The van der Waals surface area contributed by atoms with Gasteiger partial charge in [0.25, 0.3) is 0 Å². The average molecular weight is 388 g/mol. The van der Waals surface area contributed by atoms with Crippen LogP contribution in [-0.2, 0) is 28.5 Å². The van der Waals surface area contributed by atoms with Crippen molar-refractivity contribution in [2.75, 3.05) is 13.7 Å². The van der Waals surface area contributed by atoms with Gasteiger partial charge in [-0.2, -0.15) is 0 Å². The number of halogens is 1. The van der Waals surface area contributed by atoms with Crippen LogP contribution in [0.5, 0.6) is 0 Å². The third-order valence-corrected chi connectivity index (χ3v) is 3.89. The SMILES string of the molecule is CO[C@H]1O[C@@H](CO)[C@@H](OC(C)=O)[C@@H](OC(C)=O)[C@H]1I. The Labute approximate surface area is 124 Å². The molecule has 0 aromatic carbocycles. The molecule has 0 unspecified atom stereocenters. The van der Waals surface area contributed by atoms with Gasteiger partial charge < -0.3 is 24.1 Å². The number of hydrogen-bond donors (Lipinski definition) is 1. The maximum absolute atomic E-state index is 11.2. The van der Waals surface area contributed by atoms with Crippen molar-refractivity contribution in [2.45, 2.75) is 42.4 Å². The smallest absolute Gasteiger partial charge is 0.303 e. The van der Waals surface area contributed by atoms with Crippen LogP contribution in [0.2, 0.25) is 0 Å². The number of esters is 2. The number of rotatable bonds is 4. The van der Waals surface area contributed by atoms with Gasteiger partial charge in [-0.25, -0.2) is 0 Å². The number of alkyl halides is 1. The number of methoxy groups -OCH3 is 1. The van der Waals surface area contributed by atoms with Gasteiger partial charge >= 0.3 is 11.9 Å². The largest absolute Gasteiger partial charge is 0.457 e. The van der Waals surface area contributed by atoms with Crippen molar-refractivity contribution in [3.63, 3.8) is 0 Å². The normalized spacial score (nSPS) is 34.7. The van der Waals surface area contributed by atoms with Crippen molar-refractivity contribution in [3.05, 3.63) is 0 Å². The maximum atomic E-state index is 11.2. The van der Waals surface area contributed by atoms with E-state index in [-0.39, 0.29) is 10.5 Å². The second-order valence-electron chi connectivity index (χ2n) is 4.05. The summed E-state index contributed by atoms with van der Waals surface area (Å²) >= 11 is 2.00. The summed E-state index contributed by atoms with van der Waals surface area (Å²) in [5.41, 5.74) is 0. The van der Waals surface area contributed by atoms with E-state index in [4.69, 9.17) is 18.9 Å². The van der Waals surface area contributed by atoms with Crippen LogP contribution in [0.4, 0.5) is 0 Å². The predicted octanol–water partition coefficient (Wildman–Crippen LogP) is 0.0170. The minimum Gasteiger partial charge on any atom is -0.457 e. The Balaban J connectivity index is 2.96. The highest BCUT2D eigenvalue weighted by Crippen LogP contribution is 2.31. The number of aliphatic hydroxyl groups is 1. The second kappa shape index (κ2) is 7.36. The average Bonchev–Trinajstić information content (AvgIpc) is 2.33. The maximum Gasteiger partial charge on any atom is 0.303 e. The lowest BCUT2D eigenvalue weighted by molar-refractivity contribution is -0.252. The number of hydrogen-bond acceptors (Lipinski definition) is 7. The molecule has 7 nitrogen and oxygen atoms in total. The van der Waals surface area contributed by atoms with Gasteiger partial charge in [-0.05, 0) is 0 Å². The fourth-order valence-electron chi connectivity index (χ4n) is 1.86. The molecule has 0 aromatic heterocycles. The highest BCUT2D eigenvalue weighted by atomic mass is 127. The molecule has 5 atom stereocenters. The zero-order valence-electron chi connectivity index (χ0n) is 10.9. The Kier molecular flexibility index (Phi) is 6.43. The Morgan fingerprint density at radius 2 is 1.74 bits per heavy atom. The highest BCUT2D eigenvalue weighted by Gasteiger charge is 2.48. The summed E-state index contributed by atoms with van der Waals surface area (Å²) in [6.07, 6.45) is -3.06. The van der Waals surface area contributed by atoms with Crippen molar-refractivity contribution < 1.29 is 33.6 Å². The van der Waals surface area contributed by atoms with E-state index in [1.165, 1.54) is 21.0 Å². The third kappa shape index (κ3) is 4.26. The first-order chi connectivity index (χ1) is 8.90. The van der Waals surface area contributed by atoms with Crippen molar-refractivity contribution in [1.29, 1.82) is 0 Å². The van der Waals surface area contributed by atoms with Gasteiger partial charge in [0.1, 0.15) is 10.0 Å². The molecule has 1 heterocycles. The molecular formula is C11H17IO7. The van der Waals surface area contributed by atoms with E-state index in [2.05, 4.69) is 0 Å². The van der Waals surface area contributed by atoms with Gasteiger partial charge in [0, 0.05) is 21.0 Å². The molecule has 1 fully saturated rings. The van der Waals surface area contributed by atoms with Gasteiger partial charge in [-0.1, -0.05) is 22.6 Å². The Morgan fingerprint density at radius 1 is 1.21 bits per heavy atom. The Bertz CT molecular complexity index is 335. The summed E-state index contributed by atoms with van der Waals surface area (Å²) in [7, 11) is 1.45. The van der Waals surface area contributed by atoms with Crippen molar-refractivity contribution >= 4 is 34.5 Å². The fourth-order valence-corrected chi connectivity index (χ4v) is 2.88. The van der Waals surface area contributed by atoms with Crippen LogP contribution in [0.25, 0.3) is 0 Å². The molecule has 0 radical (unpaired) electrons. The standard InChI is InChI=1S/C11H17IO7/c1-5(14)17-9-7(4-13)19-11(16-3)8(12)10(9)18-6(2)15/h7-11,13H,4H2,1-3H3/t7-,8+,9+,10-,11-/m0/s1. The molecule has 0 spiro atoms. The molecule has 1 aliphatic rings. The topological polar surface area (TPSA) is 91.3 Å². The molecular weight excluding hydrogens is 371 g/mol. The van der Waals surface area contributed by atoms with E-state index in [0.29, 0.717) is 0 Å². The van der Waals surface area contributed by atoms with Crippen LogP contribution in [0.1, 0.15) is 13.8 Å². The van der Waals surface area contributed by atoms with Crippen LogP contribution >= 0.6 is 22.6 Å². The van der Waals surface area contributed by atoms with E-state index in [1.54, 1.807) is 0 Å². The number of aliphatic hydroxyl groups excluding tert-OH is 1. The number of carbonyl (C=O) groups excluding carboxylic acids is 2. The lowest BCUT2D eigenvalue weighted by Gasteiger charge is -2.42. The molecule has 0 aromatic rings. The van der Waals surface area contributed by atoms with E-state index >= 15 is 0 Å². The molecule has 0 amide bonds. The zero-order chi connectivity index (χ0) is 14.6. The van der Waals surface area contributed by atoms with Gasteiger partial charge in [0.2, 0.25) is 0 Å². The zero-order valence-corrected chi connectivity index (χ0v) is 13.0. The van der Waals surface area contributed by atoms with Crippen LogP contribution in [-0.4, -0.2) is 59.3 Å². The monoisotopic (exact) mass is 388 g/mol. The first-order valence-electron chi connectivity index (χ1n) is 5.68. The molecule has 0 aliphatic carbocycles. The molecule has 1 N–H and O–H groups in total. The molecule has 110 valence electrons. The van der Waals surface area contributed by atoms with E-state index < -0.39 is 36.5 Å². The second-order valence-corrected chi connectivity index (χ2v) is 5.49. The lowest BCUT2D eigenvalue weighted by atomic mass is 10.0. The summed E-state index contributed by atoms with van der Waals surface area (Å²) in [5, 5.41) is 9.31. The van der Waals surface area contributed by atoms with Gasteiger partial charge in [-0.3, -0.25) is 9.59 Å². The van der Waals surface area contributed by atoms with Crippen molar-refractivity contribution in [1.82, 2.24) is 0 Å². The number of carbonyl (C=O) groups is 2. The molecule has 0 bridgehead atoms. The fraction of sp³-hybridized carbons (Fsp3) is 0.818. The first kappa shape index (κ1) is 16.6. The number of ether oxygens (including phenoxy) is 4. The molecule has 1 rings (SSSR count). The first-order valence-corrected chi connectivity index (χ1v) is 6.92. The quantitative estimate of drug-likeness (QED) is 0.413. The summed E-state index contributed by atoms with van der Waals surface area (Å²) in [5.74, 6) is -1.04. The molecule has 19 heavy (non-hydrogen) atoms. The van der Waals surface area contributed by atoms with Crippen LogP contribution in [0.3, 0.4) is 0 Å². The van der Waals surface area contributed by atoms with Gasteiger partial charge in [-0.15, -0.1) is 0 Å². The predicted molar refractivity (Wildman–Crippen MR) is 71.7 cm³/mol. The molecule has 1 aliphatic heterocycles. The molecule has 0 saturated carbocycles. The van der Waals surface area contributed by atoms with Crippen molar-refractivity contribution in [2.24, 2.45) is 0 Å². The summed E-state index contributed by atoms with van der Waals surface area (Å²) in [6, 6.07) is 0. The van der Waals surface area contributed by atoms with E-state index in [9.17, 15) is 14.7 Å². The van der Waals surface area contributed by atoms with Crippen molar-refractivity contribution in [3.8, 4) is 0 Å². The minimum absolute atomic E-state index is 0.362. The Morgan fingerprint density at radius 3 is 2.16 bits per heavy atom. The van der Waals surface area contributed by atoms with Crippen LogP contribution in [0, 0.1) is 0 Å². The summed E-state index contributed by atoms with van der Waals surface area (Å²) < 4.78 is 20.5. The van der Waals surface area contributed by atoms with Gasteiger partial charge in [0.15, 0.2) is 18.5 Å². The third-order valence-electron chi connectivity index (χ3n) is 2.59. The highest BCUT2D eigenvalue weighted by molar-refractivity contribution is 14.1. The minimum atomic E-state index is -0.861. The van der Waals surface area contributed by atoms with Crippen LogP contribution in [0.15, 0.2) is 0 Å². The summed E-state index contributed by atoms with van der Waals surface area (Å²) in [4.78, 5) is 22.3. The molecule has 8 heteroatoms. The van der Waals surface area contributed by atoms with Gasteiger partial charge in [0.05, 0.1) is 6.61 Å². The Hall–Kier alpha value is -0.450.